The molecule has 1 amide bonds. The second-order valence-electron chi connectivity index (χ2n) is 11.7. The van der Waals surface area contributed by atoms with Crippen molar-refractivity contribution in [1.82, 2.24) is 14.8 Å². The molecule has 0 radical (unpaired) electrons. The Balaban J connectivity index is 1.42. The van der Waals surface area contributed by atoms with E-state index in [0.717, 1.165) is 72.4 Å². The van der Waals surface area contributed by atoms with Crippen molar-refractivity contribution in [1.29, 1.82) is 5.26 Å². The number of benzene rings is 3. The molecule has 0 unspecified atom stereocenters. The van der Waals surface area contributed by atoms with Crippen LogP contribution in [0.4, 0.5) is 5.82 Å². The third-order valence-electron chi connectivity index (χ3n) is 8.80. The summed E-state index contributed by atoms with van der Waals surface area (Å²) in [5.41, 5.74) is 5.19. The van der Waals surface area contributed by atoms with Crippen molar-refractivity contribution >= 4 is 22.6 Å². The first-order valence-corrected chi connectivity index (χ1v) is 15.5. The Morgan fingerprint density at radius 3 is 2.47 bits per heavy atom. The topological polar surface area (TPSA) is 83.7 Å². The van der Waals surface area contributed by atoms with Gasteiger partial charge in [0.1, 0.15) is 5.82 Å². The highest BCUT2D eigenvalue weighted by molar-refractivity contribution is 6.08. The molecule has 0 spiro atoms. The van der Waals surface area contributed by atoms with E-state index in [-0.39, 0.29) is 18.6 Å². The summed E-state index contributed by atoms with van der Waals surface area (Å²) in [6.45, 7) is 5.30. The number of anilines is 1. The molecule has 2 saturated heterocycles. The quantitative estimate of drug-likeness (QED) is 0.256. The fraction of sp³-hybridized carbons (Fsp3) is 0.361. The first kappa shape index (κ1) is 28.9. The number of aliphatic hydroxyl groups excluding tert-OH is 1. The van der Waals surface area contributed by atoms with Crippen molar-refractivity contribution in [2.75, 3.05) is 44.2 Å². The van der Waals surface area contributed by atoms with Crippen LogP contribution in [0, 0.1) is 11.3 Å². The predicted octanol–water partition coefficient (Wildman–Crippen LogP) is 5.86. The number of amides is 1. The molecule has 2 aliphatic heterocycles. The van der Waals surface area contributed by atoms with Gasteiger partial charge in [-0.15, -0.1) is 0 Å². The van der Waals surface area contributed by atoms with Crippen LogP contribution in [-0.2, 0) is 6.54 Å². The van der Waals surface area contributed by atoms with Gasteiger partial charge >= 0.3 is 0 Å². The molecular weight excluding hydrogens is 534 g/mol. The lowest BCUT2D eigenvalue weighted by Crippen LogP contribution is -2.42. The fourth-order valence-electron chi connectivity index (χ4n) is 6.52. The number of nitriles is 1. The number of aliphatic hydroxyl groups is 1. The van der Waals surface area contributed by atoms with Gasteiger partial charge in [-0.05, 0) is 92.2 Å². The van der Waals surface area contributed by atoms with Crippen molar-refractivity contribution in [2.24, 2.45) is 0 Å². The van der Waals surface area contributed by atoms with Crippen LogP contribution in [0.25, 0.3) is 22.0 Å². The van der Waals surface area contributed by atoms with Gasteiger partial charge in [0.05, 0.1) is 22.7 Å². The molecule has 1 aromatic heterocycles. The average Bonchev–Trinajstić information content (AvgIpc) is 3.75. The number of hydrogen-bond acceptors (Lipinski definition) is 6. The molecule has 2 aliphatic rings. The lowest BCUT2D eigenvalue weighted by molar-refractivity contribution is 0.0710. The largest absolute Gasteiger partial charge is 0.396 e. The maximum Gasteiger partial charge on any atom is 0.254 e. The van der Waals surface area contributed by atoms with E-state index < -0.39 is 0 Å². The van der Waals surface area contributed by atoms with E-state index in [0.29, 0.717) is 30.6 Å². The van der Waals surface area contributed by atoms with Crippen LogP contribution in [0.2, 0.25) is 0 Å². The van der Waals surface area contributed by atoms with Gasteiger partial charge in [0, 0.05) is 44.2 Å². The van der Waals surface area contributed by atoms with Crippen LogP contribution in [0.5, 0.6) is 0 Å². The number of hydrogen-bond donors (Lipinski definition) is 1. The van der Waals surface area contributed by atoms with Crippen LogP contribution in [-0.4, -0.2) is 71.2 Å². The zero-order valence-electron chi connectivity index (χ0n) is 24.7. The maximum absolute atomic E-state index is 14.5. The molecule has 1 atom stereocenters. The van der Waals surface area contributed by atoms with Gasteiger partial charge in [-0.2, -0.15) is 5.26 Å². The zero-order chi connectivity index (χ0) is 29.6. The number of carbonyl (C=O) groups excluding carboxylic acids is 1. The number of fused-ring (bicyclic) bond motifs is 1. The van der Waals surface area contributed by atoms with E-state index in [2.05, 4.69) is 39.0 Å². The summed E-state index contributed by atoms with van der Waals surface area (Å²) < 4.78 is 0. The summed E-state index contributed by atoms with van der Waals surface area (Å²) in [6, 6.07) is 28.3. The van der Waals surface area contributed by atoms with Crippen molar-refractivity contribution < 1.29 is 9.90 Å². The molecule has 0 aliphatic carbocycles. The summed E-state index contributed by atoms with van der Waals surface area (Å²) in [4.78, 5) is 26.4. The van der Waals surface area contributed by atoms with Crippen molar-refractivity contribution in [3.63, 3.8) is 0 Å². The Morgan fingerprint density at radius 2 is 1.72 bits per heavy atom. The molecule has 3 aromatic carbocycles. The highest BCUT2D eigenvalue weighted by Gasteiger charge is 2.32. The monoisotopic (exact) mass is 573 g/mol. The van der Waals surface area contributed by atoms with E-state index >= 15 is 0 Å². The second kappa shape index (κ2) is 13.4. The van der Waals surface area contributed by atoms with Crippen molar-refractivity contribution in [2.45, 2.75) is 44.7 Å². The highest BCUT2D eigenvalue weighted by atomic mass is 16.3. The number of aromatic nitrogens is 1. The van der Waals surface area contributed by atoms with E-state index in [1.165, 1.54) is 12.8 Å². The van der Waals surface area contributed by atoms with Gasteiger partial charge in [0.2, 0.25) is 0 Å². The number of likely N-dealkylation sites (tertiary alicyclic amines) is 2. The van der Waals surface area contributed by atoms with E-state index in [9.17, 15) is 15.2 Å². The molecule has 6 rings (SSSR count). The van der Waals surface area contributed by atoms with Crippen LogP contribution < -0.4 is 4.90 Å². The lowest BCUT2D eigenvalue weighted by atomic mass is 9.99. The molecule has 43 heavy (non-hydrogen) atoms. The molecule has 7 nitrogen and oxygen atoms in total. The van der Waals surface area contributed by atoms with Gasteiger partial charge in [-0.25, -0.2) is 4.98 Å². The van der Waals surface area contributed by atoms with Crippen molar-refractivity contribution in [3.8, 4) is 17.2 Å². The predicted molar refractivity (Wildman–Crippen MR) is 171 cm³/mol. The van der Waals surface area contributed by atoms with Gasteiger partial charge < -0.3 is 19.8 Å². The van der Waals surface area contributed by atoms with E-state index in [1.54, 1.807) is 0 Å². The molecule has 1 N–H and O–H groups in total. The van der Waals surface area contributed by atoms with Gasteiger partial charge in [0.15, 0.2) is 0 Å². The van der Waals surface area contributed by atoms with Crippen LogP contribution in [0.1, 0.15) is 53.6 Å². The number of pyridine rings is 1. The summed E-state index contributed by atoms with van der Waals surface area (Å²) >= 11 is 0. The molecule has 0 saturated carbocycles. The Bertz CT molecular complexity index is 1590. The third-order valence-corrected chi connectivity index (χ3v) is 8.80. The minimum absolute atomic E-state index is 0.0640. The highest BCUT2D eigenvalue weighted by Crippen LogP contribution is 2.32. The minimum Gasteiger partial charge on any atom is -0.396 e. The zero-order valence-corrected chi connectivity index (χ0v) is 24.7. The Labute approximate surface area is 254 Å². The summed E-state index contributed by atoms with van der Waals surface area (Å²) in [5.74, 6) is 0.809. The van der Waals surface area contributed by atoms with Crippen LogP contribution in [0.3, 0.4) is 0 Å². The first-order chi connectivity index (χ1) is 21.1. The maximum atomic E-state index is 14.5. The van der Waals surface area contributed by atoms with E-state index in [1.807, 2.05) is 60.7 Å². The molecule has 0 bridgehead atoms. The number of rotatable bonds is 10. The fourth-order valence-corrected chi connectivity index (χ4v) is 6.52. The molecular formula is C36H39N5O2. The average molecular weight is 574 g/mol. The van der Waals surface area contributed by atoms with E-state index in [4.69, 9.17) is 4.98 Å². The summed E-state index contributed by atoms with van der Waals surface area (Å²) in [5, 5.41) is 19.8. The van der Waals surface area contributed by atoms with Gasteiger partial charge in [0.25, 0.3) is 5.91 Å². The van der Waals surface area contributed by atoms with Crippen molar-refractivity contribution in [3.05, 3.63) is 95.6 Å². The molecule has 4 aromatic rings. The van der Waals surface area contributed by atoms with Gasteiger partial charge in [-0.3, -0.25) is 4.79 Å². The molecule has 7 heteroatoms. The second-order valence-corrected chi connectivity index (χ2v) is 11.7. The lowest BCUT2D eigenvalue weighted by Gasteiger charge is -2.30. The van der Waals surface area contributed by atoms with Crippen LogP contribution >= 0.6 is 0 Å². The van der Waals surface area contributed by atoms with Gasteiger partial charge in [-0.1, -0.05) is 48.5 Å². The summed E-state index contributed by atoms with van der Waals surface area (Å²) in [7, 11) is 0. The smallest absolute Gasteiger partial charge is 0.254 e. The first-order valence-electron chi connectivity index (χ1n) is 15.5. The normalized spacial score (nSPS) is 16.9. The Morgan fingerprint density at radius 1 is 0.953 bits per heavy atom. The molecule has 3 heterocycles. The Kier molecular flexibility index (Phi) is 8.97. The standard InChI is InChI=1S/C36H39N5O2/c37-24-27-11-13-29(14-12-27)30-15-16-34-32(22-30)33(36(43)41-20-6-10-31(41)26-39-17-4-5-18-39)23-35(38-34)40(19-7-21-42)25-28-8-2-1-3-9-28/h1-3,8-9,11-16,22-23,31,42H,4-7,10,17-21,25-26H2/t31-/m0/s1. The third kappa shape index (κ3) is 6.56. The minimum atomic E-state index is 0.0640. The SMILES string of the molecule is N#Cc1ccc(-c2ccc3nc(N(CCCO)Cc4ccccc4)cc(C(=O)N4CCC[C@H]4CN4CCCC4)c3c2)cc1. The summed E-state index contributed by atoms with van der Waals surface area (Å²) in [6.07, 6.45) is 5.14. The number of nitrogens with zero attached hydrogens (tertiary/aromatic N) is 5. The number of carbonyl (C=O) groups is 1. The Hall–Kier alpha value is -4.25. The molecule has 2 fully saturated rings. The molecule has 220 valence electrons. The van der Waals surface area contributed by atoms with Crippen LogP contribution in [0.15, 0.2) is 78.9 Å².